The Morgan fingerprint density at radius 1 is 0.727 bits per heavy atom. The van der Waals surface area contributed by atoms with Crippen LogP contribution in [0.5, 0.6) is 0 Å². The van der Waals surface area contributed by atoms with E-state index in [0.29, 0.717) is 17.9 Å². The average Bonchev–Trinajstić information content (AvgIpc) is 3.56. The Kier molecular flexibility index (Phi) is 4.31. The number of hydrogen-bond acceptors (Lipinski definition) is 1. The molecule has 1 saturated heterocycles. The molecule has 3 heteroatoms. The minimum absolute atomic E-state index is 0.256. The second-order valence-electron chi connectivity index (χ2n) is 9.49. The van der Waals surface area contributed by atoms with Crippen LogP contribution in [0.25, 0.3) is 33.0 Å². The summed E-state index contributed by atoms with van der Waals surface area (Å²) in [4.78, 5) is 7.02. The van der Waals surface area contributed by atoms with Crippen molar-refractivity contribution in [3.8, 4) is 0 Å². The summed E-state index contributed by atoms with van der Waals surface area (Å²) in [5.74, 6) is 0.990. The van der Waals surface area contributed by atoms with Gasteiger partial charge in [0.05, 0.1) is 0 Å². The van der Waals surface area contributed by atoms with Crippen molar-refractivity contribution in [3.63, 3.8) is 0 Å². The molecule has 2 aromatic carbocycles. The first-order valence-electron chi connectivity index (χ1n) is 12.0. The number of fused-ring (bicyclic) bond motifs is 5. The average molecular weight is 430 g/mol. The maximum absolute atomic E-state index is 4.05. The van der Waals surface area contributed by atoms with Gasteiger partial charge in [-0.15, -0.1) is 0 Å². The highest BCUT2D eigenvalue weighted by molar-refractivity contribution is 5.97. The van der Waals surface area contributed by atoms with Crippen LogP contribution in [0, 0.1) is 11.8 Å². The fraction of sp³-hybridized carbons (Fsp3) is 0.200. The lowest BCUT2D eigenvalue weighted by Crippen LogP contribution is -2.32. The largest absolute Gasteiger partial charge is 0.361 e. The molecular formula is C30H27N3. The number of H-pyrrole nitrogens is 2. The first-order chi connectivity index (χ1) is 16.4. The predicted octanol–water partition coefficient (Wildman–Crippen LogP) is 6.61. The van der Waals surface area contributed by atoms with Crippen LogP contribution in [-0.4, -0.2) is 22.1 Å². The third-order valence-electron chi connectivity index (χ3n) is 7.82. The summed E-state index contributed by atoms with van der Waals surface area (Å²) < 4.78 is 0. The molecule has 0 amide bonds. The predicted molar refractivity (Wildman–Crippen MR) is 138 cm³/mol. The van der Waals surface area contributed by atoms with Crippen LogP contribution in [0.15, 0.2) is 97.4 Å². The Bertz CT molecular complexity index is 1470. The van der Waals surface area contributed by atoms with Gasteiger partial charge in [0.15, 0.2) is 0 Å². The van der Waals surface area contributed by atoms with Gasteiger partial charge < -0.3 is 15.3 Å². The Morgan fingerprint density at radius 3 is 2.09 bits per heavy atom. The number of rotatable bonds is 2. The van der Waals surface area contributed by atoms with Crippen molar-refractivity contribution in [1.29, 1.82) is 0 Å². The summed E-state index contributed by atoms with van der Waals surface area (Å²) in [5.41, 5.74) is 7.85. The fourth-order valence-corrected chi connectivity index (χ4v) is 6.37. The zero-order valence-electron chi connectivity index (χ0n) is 18.5. The molecule has 2 aliphatic carbocycles. The monoisotopic (exact) mass is 429 g/mol. The van der Waals surface area contributed by atoms with E-state index >= 15 is 0 Å². The SMILES string of the molecule is C1=CC2NC3\C(c4c[nH]c5ccccc45)=C/C=C\C=C(\c4c[nH]c5ccccc45)C3C2CC1. The lowest BCUT2D eigenvalue weighted by Gasteiger charge is -2.30. The van der Waals surface area contributed by atoms with Gasteiger partial charge in [0.2, 0.25) is 0 Å². The van der Waals surface area contributed by atoms with Crippen molar-refractivity contribution in [2.24, 2.45) is 11.8 Å². The minimum Gasteiger partial charge on any atom is -0.361 e. The first-order valence-corrected chi connectivity index (χ1v) is 12.0. The van der Waals surface area contributed by atoms with Crippen LogP contribution in [0.3, 0.4) is 0 Å². The van der Waals surface area contributed by atoms with E-state index in [4.69, 9.17) is 0 Å². The fourth-order valence-electron chi connectivity index (χ4n) is 6.37. The molecule has 0 saturated carbocycles. The molecule has 3 aliphatic rings. The second kappa shape index (κ2) is 7.50. The van der Waals surface area contributed by atoms with Gasteiger partial charge in [0, 0.05) is 63.3 Å². The van der Waals surface area contributed by atoms with Gasteiger partial charge in [-0.1, -0.05) is 72.9 Å². The van der Waals surface area contributed by atoms with Crippen molar-refractivity contribution in [2.75, 3.05) is 0 Å². The maximum atomic E-state index is 4.05. The molecule has 4 unspecified atom stereocenters. The Labute approximate surface area is 193 Å². The van der Waals surface area contributed by atoms with E-state index in [1.54, 1.807) is 0 Å². The highest BCUT2D eigenvalue weighted by Gasteiger charge is 2.46. The molecule has 3 heterocycles. The van der Waals surface area contributed by atoms with Crippen molar-refractivity contribution in [1.82, 2.24) is 15.3 Å². The van der Waals surface area contributed by atoms with Gasteiger partial charge in [-0.25, -0.2) is 0 Å². The quantitative estimate of drug-likeness (QED) is 0.309. The molecule has 0 bridgehead atoms. The summed E-state index contributed by atoms with van der Waals surface area (Å²) in [6.07, 6.45) is 20.7. The third kappa shape index (κ3) is 2.93. The molecule has 0 radical (unpaired) electrons. The van der Waals surface area contributed by atoms with Crippen LogP contribution in [-0.2, 0) is 0 Å². The highest BCUT2D eigenvalue weighted by Crippen LogP contribution is 2.48. The Hall–Kier alpha value is -3.56. The molecular weight excluding hydrogens is 402 g/mol. The maximum Gasteiger partial charge on any atom is 0.0460 e. The Morgan fingerprint density at radius 2 is 1.36 bits per heavy atom. The van der Waals surface area contributed by atoms with Gasteiger partial charge >= 0.3 is 0 Å². The van der Waals surface area contributed by atoms with E-state index in [0.717, 1.165) is 6.42 Å². The molecule has 33 heavy (non-hydrogen) atoms. The topological polar surface area (TPSA) is 43.6 Å². The van der Waals surface area contributed by atoms with E-state index in [1.807, 2.05) is 0 Å². The molecule has 7 rings (SSSR count). The van der Waals surface area contributed by atoms with Crippen molar-refractivity contribution >= 4 is 33.0 Å². The van der Waals surface area contributed by atoms with Crippen molar-refractivity contribution in [2.45, 2.75) is 24.9 Å². The molecule has 3 nitrogen and oxygen atoms in total. The number of hydrogen-bond donors (Lipinski definition) is 3. The van der Waals surface area contributed by atoms with E-state index in [-0.39, 0.29) is 6.04 Å². The van der Waals surface area contributed by atoms with Crippen LogP contribution in [0.4, 0.5) is 0 Å². The van der Waals surface area contributed by atoms with E-state index in [2.05, 4.69) is 113 Å². The number of nitrogens with one attached hydrogen (secondary N) is 3. The number of para-hydroxylation sites is 2. The molecule has 162 valence electrons. The van der Waals surface area contributed by atoms with Crippen LogP contribution < -0.4 is 5.32 Å². The van der Waals surface area contributed by atoms with Gasteiger partial charge in [-0.05, 0) is 42.0 Å². The van der Waals surface area contributed by atoms with Crippen LogP contribution in [0.2, 0.25) is 0 Å². The van der Waals surface area contributed by atoms with Crippen molar-refractivity contribution < 1.29 is 0 Å². The van der Waals surface area contributed by atoms with Crippen molar-refractivity contribution in [3.05, 3.63) is 109 Å². The van der Waals surface area contributed by atoms with Gasteiger partial charge in [-0.2, -0.15) is 0 Å². The number of allylic oxidation sites excluding steroid dienone is 5. The normalized spacial score (nSPS) is 30.7. The zero-order valence-corrected chi connectivity index (χ0v) is 18.5. The highest BCUT2D eigenvalue weighted by atomic mass is 15.0. The van der Waals surface area contributed by atoms with E-state index < -0.39 is 0 Å². The van der Waals surface area contributed by atoms with Gasteiger partial charge in [0.1, 0.15) is 0 Å². The number of aromatic amines is 2. The molecule has 4 atom stereocenters. The van der Waals surface area contributed by atoms with Gasteiger partial charge in [0.25, 0.3) is 0 Å². The summed E-state index contributed by atoms with van der Waals surface area (Å²) in [5, 5.41) is 6.65. The first kappa shape index (κ1) is 19.0. The molecule has 0 spiro atoms. The standard InChI is InChI=1S/C30H27N3/c1-2-12-22(25-18-32-27-15-7-4-10-20(25)27)30-29(23-13-5-8-16-28(23)33-30)21(11-1)24-17-31-26-14-6-3-9-19(24)26/h1-4,6-12,14-18,23,28-33H,5,13H2/b2-1-,21-11-,22-12-. The summed E-state index contributed by atoms with van der Waals surface area (Å²) in [6.45, 7) is 0. The summed E-state index contributed by atoms with van der Waals surface area (Å²) in [6, 6.07) is 18.0. The molecule has 4 aromatic rings. The lowest BCUT2D eigenvalue weighted by atomic mass is 9.72. The third-order valence-corrected chi connectivity index (χ3v) is 7.82. The number of aromatic nitrogens is 2. The second-order valence-corrected chi connectivity index (χ2v) is 9.49. The van der Waals surface area contributed by atoms with Crippen LogP contribution in [0.1, 0.15) is 24.0 Å². The minimum atomic E-state index is 0.256. The molecule has 1 fully saturated rings. The summed E-state index contributed by atoms with van der Waals surface area (Å²) in [7, 11) is 0. The van der Waals surface area contributed by atoms with Crippen LogP contribution >= 0.6 is 0 Å². The molecule has 2 aromatic heterocycles. The molecule has 1 aliphatic heterocycles. The summed E-state index contributed by atoms with van der Waals surface area (Å²) >= 11 is 0. The van der Waals surface area contributed by atoms with Gasteiger partial charge in [-0.3, -0.25) is 0 Å². The number of benzene rings is 2. The molecule has 3 N–H and O–H groups in total. The zero-order chi connectivity index (χ0) is 21.8. The smallest absolute Gasteiger partial charge is 0.0460 e. The Balaban J connectivity index is 1.42. The van der Waals surface area contributed by atoms with E-state index in [9.17, 15) is 0 Å². The van der Waals surface area contributed by atoms with E-state index in [1.165, 1.54) is 50.5 Å². The lowest BCUT2D eigenvalue weighted by molar-refractivity contribution is 0.408.